The van der Waals surface area contributed by atoms with Gasteiger partial charge in [0.15, 0.2) is 0 Å². The van der Waals surface area contributed by atoms with Crippen molar-refractivity contribution in [1.82, 2.24) is 10.2 Å². The lowest BCUT2D eigenvalue weighted by Crippen LogP contribution is -2.11. The van der Waals surface area contributed by atoms with Crippen LogP contribution < -0.4 is 0 Å². The quantitative estimate of drug-likeness (QED) is 0.785. The van der Waals surface area contributed by atoms with Crippen molar-refractivity contribution in [3.8, 4) is 0 Å². The van der Waals surface area contributed by atoms with Gasteiger partial charge in [0, 0.05) is 16.1 Å². The smallest absolute Gasteiger partial charge is 0.0938 e. The summed E-state index contributed by atoms with van der Waals surface area (Å²) < 4.78 is 0. The summed E-state index contributed by atoms with van der Waals surface area (Å²) >= 11 is 6.32. The molecule has 0 atom stereocenters. The number of nitrogens with one attached hydrogen (secondary N) is 1. The summed E-state index contributed by atoms with van der Waals surface area (Å²) in [6.45, 7) is 10.9. The molecular weight excluding hydrogens is 232 g/mol. The highest BCUT2D eigenvalue weighted by atomic mass is 35.5. The molecule has 0 saturated carbocycles. The van der Waals surface area contributed by atoms with Crippen LogP contribution in [0.25, 0.3) is 10.9 Å². The van der Waals surface area contributed by atoms with Crippen molar-refractivity contribution >= 4 is 22.5 Å². The molecule has 2 rings (SSSR count). The standard InChI is InChI=1S/C14H19ClN2/c1-8(2)13-9-6-10(14(3,4)5)11(15)7-12(9)16-17-13/h6-8H,1-5H3,(H,16,17). The Morgan fingerprint density at radius 3 is 2.41 bits per heavy atom. The van der Waals surface area contributed by atoms with Crippen LogP contribution in [0.4, 0.5) is 0 Å². The highest BCUT2D eigenvalue weighted by Gasteiger charge is 2.20. The van der Waals surface area contributed by atoms with E-state index in [1.165, 1.54) is 16.6 Å². The van der Waals surface area contributed by atoms with Crippen LogP contribution in [0.15, 0.2) is 12.1 Å². The van der Waals surface area contributed by atoms with Gasteiger partial charge < -0.3 is 0 Å². The second kappa shape index (κ2) is 4.02. The van der Waals surface area contributed by atoms with Crippen LogP contribution in [0.3, 0.4) is 0 Å². The minimum Gasteiger partial charge on any atom is -0.281 e. The minimum atomic E-state index is 0.0524. The van der Waals surface area contributed by atoms with E-state index in [2.05, 4.69) is 50.9 Å². The molecule has 0 aliphatic heterocycles. The molecule has 1 aromatic heterocycles. The lowest BCUT2D eigenvalue weighted by molar-refractivity contribution is 0.591. The summed E-state index contributed by atoms with van der Waals surface area (Å²) in [5.41, 5.74) is 3.36. The van der Waals surface area contributed by atoms with Gasteiger partial charge in [-0.1, -0.05) is 46.2 Å². The SMILES string of the molecule is CC(C)c1[nH]nc2cc(Cl)c(C(C)(C)C)cc12. The molecule has 0 aliphatic rings. The summed E-state index contributed by atoms with van der Waals surface area (Å²) in [4.78, 5) is 0. The Balaban J connectivity index is 2.72. The lowest BCUT2D eigenvalue weighted by atomic mass is 9.86. The molecule has 0 bridgehead atoms. The monoisotopic (exact) mass is 250 g/mol. The molecule has 0 aliphatic carbocycles. The largest absolute Gasteiger partial charge is 0.281 e. The first kappa shape index (κ1) is 12.4. The van der Waals surface area contributed by atoms with Crippen LogP contribution in [-0.4, -0.2) is 10.2 Å². The molecule has 0 unspecified atom stereocenters. The van der Waals surface area contributed by atoms with Gasteiger partial charge in [0.05, 0.1) is 5.52 Å². The van der Waals surface area contributed by atoms with Gasteiger partial charge in [-0.15, -0.1) is 0 Å². The second-order valence-electron chi connectivity index (χ2n) is 5.89. The van der Waals surface area contributed by atoms with Crippen molar-refractivity contribution in [2.75, 3.05) is 0 Å². The molecule has 2 nitrogen and oxygen atoms in total. The Kier molecular flexibility index (Phi) is 2.94. The van der Waals surface area contributed by atoms with Crippen LogP contribution in [0.1, 0.15) is 51.8 Å². The number of nitrogens with zero attached hydrogens (tertiary/aromatic N) is 1. The zero-order valence-electron chi connectivity index (χ0n) is 11.1. The van der Waals surface area contributed by atoms with Crippen molar-refractivity contribution in [3.05, 3.63) is 28.4 Å². The molecular formula is C14H19ClN2. The average molecular weight is 251 g/mol. The van der Waals surface area contributed by atoms with E-state index in [-0.39, 0.29) is 5.41 Å². The highest BCUT2D eigenvalue weighted by Crippen LogP contribution is 2.34. The van der Waals surface area contributed by atoms with E-state index in [1.54, 1.807) is 0 Å². The van der Waals surface area contributed by atoms with Gasteiger partial charge >= 0.3 is 0 Å². The lowest BCUT2D eigenvalue weighted by Gasteiger charge is -2.20. The van der Waals surface area contributed by atoms with Crippen molar-refractivity contribution in [2.24, 2.45) is 0 Å². The normalized spacial score (nSPS) is 12.6. The Hall–Kier alpha value is -1.02. The first-order valence-corrected chi connectivity index (χ1v) is 6.36. The molecule has 0 radical (unpaired) electrons. The minimum absolute atomic E-state index is 0.0524. The van der Waals surface area contributed by atoms with Crippen molar-refractivity contribution in [2.45, 2.75) is 46.0 Å². The van der Waals surface area contributed by atoms with E-state index in [0.29, 0.717) is 5.92 Å². The fourth-order valence-electron chi connectivity index (χ4n) is 2.07. The third kappa shape index (κ3) is 2.19. The van der Waals surface area contributed by atoms with Crippen molar-refractivity contribution in [3.63, 3.8) is 0 Å². The first-order valence-electron chi connectivity index (χ1n) is 5.98. The molecule has 1 N–H and O–H groups in total. The topological polar surface area (TPSA) is 28.7 Å². The molecule has 2 aromatic rings. The Bertz CT molecular complexity index is 547. The maximum Gasteiger partial charge on any atom is 0.0938 e. The maximum atomic E-state index is 6.32. The van der Waals surface area contributed by atoms with Crippen molar-refractivity contribution < 1.29 is 0 Å². The number of aromatic nitrogens is 2. The number of benzene rings is 1. The van der Waals surface area contributed by atoms with Crippen molar-refractivity contribution in [1.29, 1.82) is 0 Å². The fraction of sp³-hybridized carbons (Fsp3) is 0.500. The van der Waals surface area contributed by atoms with Crippen LogP contribution >= 0.6 is 11.6 Å². The maximum absolute atomic E-state index is 6.32. The molecule has 3 heteroatoms. The van der Waals surface area contributed by atoms with Crippen LogP contribution in [0.5, 0.6) is 0 Å². The molecule has 1 aromatic carbocycles. The molecule has 17 heavy (non-hydrogen) atoms. The van der Waals surface area contributed by atoms with Gasteiger partial charge in [-0.25, -0.2) is 0 Å². The number of H-pyrrole nitrogens is 1. The van der Waals surface area contributed by atoms with Gasteiger partial charge in [0.2, 0.25) is 0 Å². The van der Waals surface area contributed by atoms with E-state index in [0.717, 1.165) is 10.5 Å². The number of hydrogen-bond donors (Lipinski definition) is 1. The molecule has 0 amide bonds. The predicted molar refractivity (Wildman–Crippen MR) is 73.9 cm³/mol. The van der Waals surface area contributed by atoms with Gasteiger partial charge in [-0.3, -0.25) is 5.10 Å². The first-order chi connectivity index (χ1) is 7.80. The summed E-state index contributed by atoms with van der Waals surface area (Å²) in [5, 5.41) is 9.41. The molecule has 0 saturated heterocycles. The van der Waals surface area contributed by atoms with Crippen LogP contribution in [0.2, 0.25) is 5.02 Å². The Morgan fingerprint density at radius 2 is 1.88 bits per heavy atom. The van der Waals surface area contributed by atoms with Gasteiger partial charge in [0.25, 0.3) is 0 Å². The number of hydrogen-bond acceptors (Lipinski definition) is 1. The number of halogens is 1. The predicted octanol–water partition coefficient (Wildman–Crippen LogP) is 4.64. The number of aromatic amines is 1. The van der Waals surface area contributed by atoms with Gasteiger partial charge in [-0.2, -0.15) is 5.10 Å². The van der Waals surface area contributed by atoms with Gasteiger partial charge in [0.1, 0.15) is 0 Å². The summed E-state index contributed by atoms with van der Waals surface area (Å²) in [6, 6.07) is 4.14. The summed E-state index contributed by atoms with van der Waals surface area (Å²) in [6.07, 6.45) is 0. The van der Waals surface area contributed by atoms with Crippen LogP contribution in [0, 0.1) is 0 Å². The molecule has 0 fully saturated rings. The summed E-state index contributed by atoms with van der Waals surface area (Å²) in [5.74, 6) is 0.439. The fourth-order valence-corrected chi connectivity index (χ4v) is 2.51. The second-order valence-corrected chi connectivity index (χ2v) is 6.30. The molecule has 92 valence electrons. The van der Waals surface area contributed by atoms with E-state index in [1.807, 2.05) is 6.07 Å². The average Bonchev–Trinajstić information content (AvgIpc) is 2.57. The Labute approximate surface area is 107 Å². The summed E-state index contributed by atoms with van der Waals surface area (Å²) in [7, 11) is 0. The van der Waals surface area contributed by atoms with E-state index < -0.39 is 0 Å². The highest BCUT2D eigenvalue weighted by molar-refractivity contribution is 6.32. The zero-order valence-corrected chi connectivity index (χ0v) is 11.8. The molecule has 1 heterocycles. The van der Waals surface area contributed by atoms with E-state index in [9.17, 15) is 0 Å². The third-order valence-corrected chi connectivity index (χ3v) is 3.37. The van der Waals surface area contributed by atoms with E-state index >= 15 is 0 Å². The van der Waals surface area contributed by atoms with Crippen LogP contribution in [-0.2, 0) is 5.41 Å². The van der Waals surface area contributed by atoms with Gasteiger partial charge in [-0.05, 0) is 29.0 Å². The van der Waals surface area contributed by atoms with E-state index in [4.69, 9.17) is 11.6 Å². The third-order valence-electron chi connectivity index (χ3n) is 3.06. The number of fused-ring (bicyclic) bond motifs is 1. The molecule has 0 spiro atoms. The zero-order chi connectivity index (χ0) is 12.8. The number of rotatable bonds is 1. The Morgan fingerprint density at radius 1 is 1.24 bits per heavy atom.